The number of nitrogens with two attached hydrogens (primary N) is 1. The van der Waals surface area contributed by atoms with Gasteiger partial charge in [0.25, 0.3) is 11.8 Å². The maximum absolute atomic E-state index is 14.0. The van der Waals surface area contributed by atoms with E-state index >= 15 is 0 Å². The van der Waals surface area contributed by atoms with Gasteiger partial charge in [0.2, 0.25) is 0 Å². The van der Waals surface area contributed by atoms with Crippen LogP contribution in [0.3, 0.4) is 0 Å². The molecule has 4 heterocycles. The number of benzene rings is 2. The topological polar surface area (TPSA) is 208 Å². The molecule has 2 aliphatic rings. The van der Waals surface area contributed by atoms with E-state index in [1.165, 1.54) is 18.5 Å². The largest absolute Gasteiger partial charge is 0.461 e. The molecule has 2 aliphatic heterocycles. The number of fused-ring (bicyclic) bond motifs is 1. The highest BCUT2D eigenvalue weighted by atomic mass is 32.2. The quantitative estimate of drug-likeness (QED) is 0.0841. The number of β-lactam (4-membered cyclic amide) rings is 1. The predicted octanol–water partition coefficient (Wildman–Crippen LogP) is 1.93. The number of aromatic nitrogens is 3. The van der Waals surface area contributed by atoms with Crippen LogP contribution >= 0.6 is 11.3 Å². The lowest BCUT2D eigenvalue weighted by Crippen LogP contribution is -2.74. The van der Waals surface area contributed by atoms with Crippen molar-refractivity contribution in [3.63, 3.8) is 0 Å². The molecule has 3 atom stereocenters. The molecule has 0 unspecified atom stereocenters. The summed E-state index contributed by atoms with van der Waals surface area (Å²) in [5, 5.41) is 7.02. The molecule has 0 aliphatic carbocycles. The number of oxime groups is 1. The number of esters is 2. The van der Waals surface area contributed by atoms with Gasteiger partial charge in [-0.15, -0.1) is 11.3 Å². The van der Waals surface area contributed by atoms with Crippen LogP contribution in [0.1, 0.15) is 35.7 Å². The third-order valence-corrected chi connectivity index (χ3v) is 9.78. The molecule has 2 amide bonds. The molecule has 1 fully saturated rings. The van der Waals surface area contributed by atoms with Gasteiger partial charge < -0.3 is 30.3 Å². The summed E-state index contributed by atoms with van der Waals surface area (Å²) < 4.78 is 24.8. The minimum atomic E-state index is -1.83. The molecular formula is C32H29N7O8S2. The van der Waals surface area contributed by atoms with Gasteiger partial charge in [0.15, 0.2) is 23.6 Å². The number of anilines is 1. The molecule has 2 aromatic heterocycles. The summed E-state index contributed by atoms with van der Waals surface area (Å²) in [5.74, 6) is -2.90. The lowest BCUT2D eigenvalue weighted by atomic mass is 10.0. The van der Waals surface area contributed by atoms with Gasteiger partial charge in [-0.3, -0.25) is 23.5 Å². The fraction of sp³-hybridized carbons (Fsp3) is 0.219. The first kappa shape index (κ1) is 33.2. The minimum absolute atomic E-state index is 0.0912. The smallest absolute Gasteiger partial charge is 0.356 e. The Hall–Kier alpha value is -5.68. The van der Waals surface area contributed by atoms with Gasteiger partial charge in [-0.2, -0.15) is 0 Å². The van der Waals surface area contributed by atoms with Crippen molar-refractivity contribution in [3.05, 3.63) is 112 Å². The number of nitrogens with one attached hydrogen (secondary N) is 2. The first-order chi connectivity index (χ1) is 23.7. The number of carbonyl (C=O) groups is 4. The zero-order valence-electron chi connectivity index (χ0n) is 25.8. The lowest BCUT2D eigenvalue weighted by molar-refractivity contribution is -0.154. The summed E-state index contributed by atoms with van der Waals surface area (Å²) in [7, 11) is -1.83. The number of imidazole rings is 1. The third-order valence-electron chi connectivity index (χ3n) is 7.46. The van der Waals surface area contributed by atoms with E-state index in [1.54, 1.807) is 54.7 Å². The van der Waals surface area contributed by atoms with Crippen LogP contribution in [-0.4, -0.2) is 77.3 Å². The second-order valence-corrected chi connectivity index (χ2v) is 13.2. The molecule has 4 N–H and O–H groups in total. The van der Waals surface area contributed by atoms with Crippen LogP contribution in [0, 0.1) is 0 Å². The van der Waals surface area contributed by atoms with E-state index in [1.807, 2.05) is 12.1 Å². The van der Waals surface area contributed by atoms with Gasteiger partial charge in [-0.25, -0.2) is 14.8 Å². The van der Waals surface area contributed by atoms with Crippen LogP contribution < -0.4 is 11.1 Å². The summed E-state index contributed by atoms with van der Waals surface area (Å²) in [6, 6.07) is 16.7. The van der Waals surface area contributed by atoms with Crippen molar-refractivity contribution in [2.75, 3.05) is 18.1 Å². The number of H-pyrrole nitrogens is 1. The average molecular weight is 704 g/mol. The zero-order valence-corrected chi connectivity index (χ0v) is 27.4. The van der Waals surface area contributed by atoms with Crippen molar-refractivity contribution in [2.24, 2.45) is 5.16 Å². The SMILES string of the molecule is CC(=O)OCC1=C(C(=O)OC(c2ccccc2)c2ccccc2)N2C(=O)[C@@H](NC(=O)C(=NOCc3ncc[nH]3)c3csc(N)n3)[C@H]2[S@@](=O)C1. The second-order valence-electron chi connectivity index (χ2n) is 10.7. The Morgan fingerprint density at radius 2 is 1.82 bits per heavy atom. The number of rotatable bonds is 12. The first-order valence-electron chi connectivity index (χ1n) is 14.8. The number of hydrogen-bond acceptors (Lipinski definition) is 13. The maximum Gasteiger partial charge on any atom is 0.356 e. The molecule has 0 spiro atoms. The van der Waals surface area contributed by atoms with Gasteiger partial charge in [0.05, 0.1) is 16.6 Å². The standard InChI is InChI=1S/C32H29N7O8S2/c1-18(40)45-14-21-17-49(44)30-25(37-28(41)24(22-16-48-32(33)36-22)38-46-15-23-34-12-13-35-23)29(42)39(30)26(21)31(43)47-27(19-8-4-2-5-9-19)20-10-6-3-7-11-20/h2-13,16,25,27,30H,14-15,17H2,1H3,(H2,33,36)(H,34,35)(H,37,41)/t25-,30-,49+/m1/s1. The second kappa shape index (κ2) is 14.6. The van der Waals surface area contributed by atoms with E-state index in [4.69, 9.17) is 20.0 Å². The first-order valence-corrected chi connectivity index (χ1v) is 17.0. The summed E-state index contributed by atoms with van der Waals surface area (Å²) >= 11 is 1.07. The van der Waals surface area contributed by atoms with E-state index in [-0.39, 0.29) is 40.2 Å². The molecule has 0 saturated carbocycles. The summed E-state index contributed by atoms with van der Waals surface area (Å²) in [6.45, 7) is 0.700. The highest BCUT2D eigenvalue weighted by Crippen LogP contribution is 2.37. The van der Waals surface area contributed by atoms with Gasteiger partial charge in [0.1, 0.15) is 35.2 Å². The van der Waals surface area contributed by atoms with E-state index < -0.39 is 58.7 Å². The fourth-order valence-corrected chi connectivity index (χ4v) is 7.45. The van der Waals surface area contributed by atoms with E-state index in [2.05, 4.69) is 25.4 Å². The molecule has 0 radical (unpaired) electrons. The monoisotopic (exact) mass is 703 g/mol. The van der Waals surface area contributed by atoms with Crippen molar-refractivity contribution < 1.29 is 37.7 Å². The number of thiazole rings is 1. The number of nitrogen functional groups attached to an aromatic ring is 1. The van der Waals surface area contributed by atoms with Crippen molar-refractivity contribution in [2.45, 2.75) is 31.1 Å². The fourth-order valence-electron chi connectivity index (χ4n) is 5.23. The van der Waals surface area contributed by atoms with E-state index in [0.717, 1.165) is 16.2 Å². The zero-order chi connectivity index (χ0) is 34.5. The highest BCUT2D eigenvalue weighted by Gasteiger charge is 2.58. The molecule has 4 aromatic rings. The molecule has 49 heavy (non-hydrogen) atoms. The Labute approximate surface area is 285 Å². The number of nitrogens with zero attached hydrogens (tertiary/aromatic N) is 4. The van der Waals surface area contributed by atoms with Crippen LogP contribution in [-0.2, 0) is 50.9 Å². The molecule has 15 nitrogen and oxygen atoms in total. The summed E-state index contributed by atoms with van der Waals surface area (Å²) in [4.78, 5) is 70.4. The van der Waals surface area contributed by atoms with Gasteiger partial charge in [-0.05, 0) is 11.1 Å². The van der Waals surface area contributed by atoms with E-state index in [9.17, 15) is 23.4 Å². The number of aromatic amines is 1. The predicted molar refractivity (Wildman–Crippen MR) is 176 cm³/mol. The highest BCUT2D eigenvalue weighted by molar-refractivity contribution is 7.86. The van der Waals surface area contributed by atoms with Crippen LogP contribution in [0.15, 0.2) is 94.9 Å². The molecule has 0 bridgehead atoms. The Morgan fingerprint density at radius 3 is 2.41 bits per heavy atom. The minimum Gasteiger partial charge on any atom is -0.461 e. The van der Waals surface area contributed by atoms with Gasteiger partial charge in [0, 0.05) is 30.3 Å². The average Bonchev–Trinajstić information content (AvgIpc) is 3.79. The Balaban J connectivity index is 1.27. The third kappa shape index (κ3) is 7.26. The van der Waals surface area contributed by atoms with Crippen molar-refractivity contribution >= 4 is 56.7 Å². The molecule has 17 heteroatoms. The lowest BCUT2D eigenvalue weighted by Gasteiger charge is -2.49. The molecular weight excluding hydrogens is 675 g/mol. The molecule has 252 valence electrons. The Morgan fingerprint density at radius 1 is 1.12 bits per heavy atom. The maximum atomic E-state index is 14.0. The Bertz CT molecular complexity index is 1910. The molecule has 1 saturated heterocycles. The number of carbonyl (C=O) groups excluding carboxylic acids is 4. The Kier molecular flexibility index (Phi) is 9.91. The van der Waals surface area contributed by atoms with Crippen LogP contribution in [0.4, 0.5) is 5.13 Å². The summed E-state index contributed by atoms with van der Waals surface area (Å²) in [6.07, 6.45) is 2.25. The van der Waals surface area contributed by atoms with Crippen molar-refractivity contribution in [1.82, 2.24) is 25.2 Å². The van der Waals surface area contributed by atoms with E-state index in [0.29, 0.717) is 17.0 Å². The van der Waals surface area contributed by atoms with Crippen LogP contribution in [0.25, 0.3) is 0 Å². The molecule has 6 rings (SSSR count). The van der Waals surface area contributed by atoms with Gasteiger partial charge >= 0.3 is 11.9 Å². The van der Waals surface area contributed by atoms with Crippen molar-refractivity contribution in [1.29, 1.82) is 0 Å². The normalized spacial score (nSPS) is 18.8. The summed E-state index contributed by atoms with van der Waals surface area (Å²) in [5.41, 5.74) is 6.86. The number of ether oxygens (including phenoxy) is 2. The molecule has 2 aromatic carbocycles. The number of hydrogen-bond donors (Lipinski definition) is 3. The van der Waals surface area contributed by atoms with Crippen LogP contribution in [0.2, 0.25) is 0 Å². The van der Waals surface area contributed by atoms with Crippen molar-refractivity contribution in [3.8, 4) is 0 Å². The number of amides is 2. The van der Waals surface area contributed by atoms with Crippen LogP contribution in [0.5, 0.6) is 0 Å². The van der Waals surface area contributed by atoms with Gasteiger partial charge in [-0.1, -0.05) is 65.8 Å².